The van der Waals surface area contributed by atoms with Crippen molar-refractivity contribution in [2.45, 2.75) is 26.7 Å². The number of nitrogens with zero attached hydrogens (tertiary/aromatic N) is 2. The van der Waals surface area contributed by atoms with Gasteiger partial charge in [0.05, 0.1) is 5.41 Å². The number of aryl methyl sites for hydroxylation is 2. The Balaban J connectivity index is 2.02. The van der Waals surface area contributed by atoms with Crippen LogP contribution in [-0.4, -0.2) is 27.6 Å². The number of hydrogen-bond acceptors (Lipinski definition) is 4. The summed E-state index contributed by atoms with van der Waals surface area (Å²) in [6.07, 6.45) is 1.47. The lowest BCUT2D eigenvalue weighted by molar-refractivity contribution is -0.142. The van der Waals surface area contributed by atoms with E-state index in [0.717, 1.165) is 24.2 Å². The number of carbonyl (C=O) groups is 1. The Labute approximate surface area is 93.9 Å². The van der Waals surface area contributed by atoms with Gasteiger partial charge in [0.1, 0.15) is 0 Å². The topological polar surface area (TPSA) is 75.1 Å². The third-order valence-electron chi connectivity index (χ3n) is 2.87. The van der Waals surface area contributed by atoms with Gasteiger partial charge in [0, 0.05) is 17.9 Å². The number of nitrogens with one attached hydrogen (secondary N) is 1. The molecule has 1 aliphatic rings. The average molecular weight is 221 g/mol. The van der Waals surface area contributed by atoms with Crippen molar-refractivity contribution in [1.29, 1.82) is 0 Å². The predicted octanol–water partition coefficient (Wildman–Crippen LogP) is 1.37. The first kappa shape index (κ1) is 10.9. The summed E-state index contributed by atoms with van der Waals surface area (Å²) < 4.78 is 0. The van der Waals surface area contributed by atoms with Crippen molar-refractivity contribution in [3.8, 4) is 0 Å². The van der Waals surface area contributed by atoms with E-state index < -0.39 is 11.4 Å². The smallest absolute Gasteiger partial charge is 0.311 e. The van der Waals surface area contributed by atoms with E-state index in [-0.39, 0.29) is 0 Å². The van der Waals surface area contributed by atoms with Crippen LogP contribution in [0.5, 0.6) is 0 Å². The lowest BCUT2D eigenvalue weighted by atomic mass is 10.1. The molecule has 0 unspecified atom stereocenters. The Hall–Kier alpha value is -1.65. The highest BCUT2D eigenvalue weighted by atomic mass is 16.4. The van der Waals surface area contributed by atoms with Gasteiger partial charge in [-0.25, -0.2) is 9.97 Å². The first-order chi connectivity index (χ1) is 7.52. The van der Waals surface area contributed by atoms with Crippen molar-refractivity contribution in [1.82, 2.24) is 9.97 Å². The number of hydrogen-bond donors (Lipinski definition) is 2. The molecule has 16 heavy (non-hydrogen) atoms. The highest BCUT2D eigenvalue weighted by Gasteiger charge is 2.50. The van der Waals surface area contributed by atoms with Crippen molar-refractivity contribution in [3.05, 3.63) is 17.5 Å². The van der Waals surface area contributed by atoms with Gasteiger partial charge >= 0.3 is 5.97 Å². The van der Waals surface area contributed by atoms with Gasteiger partial charge in [-0.05, 0) is 32.8 Å². The Morgan fingerprint density at radius 2 is 2.00 bits per heavy atom. The van der Waals surface area contributed by atoms with Crippen LogP contribution in [0.3, 0.4) is 0 Å². The fourth-order valence-corrected chi connectivity index (χ4v) is 1.67. The molecule has 1 heterocycles. The number of carboxylic acids is 1. The minimum atomic E-state index is -0.732. The molecule has 0 aromatic carbocycles. The third-order valence-corrected chi connectivity index (χ3v) is 2.87. The molecule has 0 radical (unpaired) electrons. The Bertz CT molecular complexity index is 407. The minimum absolute atomic E-state index is 0.408. The summed E-state index contributed by atoms with van der Waals surface area (Å²) in [5.41, 5.74) is 1.19. The predicted molar refractivity (Wildman–Crippen MR) is 59.3 cm³/mol. The first-order valence-corrected chi connectivity index (χ1v) is 5.31. The van der Waals surface area contributed by atoms with Gasteiger partial charge in [-0.1, -0.05) is 0 Å². The fourth-order valence-electron chi connectivity index (χ4n) is 1.67. The quantitative estimate of drug-likeness (QED) is 0.803. The van der Waals surface area contributed by atoms with E-state index in [1.807, 2.05) is 19.9 Å². The molecule has 0 saturated heterocycles. The second kappa shape index (κ2) is 3.73. The standard InChI is InChI=1S/C11H15N3O2/c1-7-5-8(2)14-10(13-7)12-6-11(3-4-11)9(15)16/h5H,3-4,6H2,1-2H3,(H,15,16)(H,12,13,14). The molecule has 5 heteroatoms. The summed E-state index contributed by atoms with van der Waals surface area (Å²) in [5.74, 6) is -0.214. The summed E-state index contributed by atoms with van der Waals surface area (Å²) in [4.78, 5) is 19.4. The van der Waals surface area contributed by atoms with Crippen LogP contribution in [0.15, 0.2) is 6.07 Å². The molecule has 1 fully saturated rings. The van der Waals surface area contributed by atoms with E-state index in [2.05, 4.69) is 15.3 Å². The Morgan fingerprint density at radius 3 is 2.44 bits per heavy atom. The number of anilines is 1. The minimum Gasteiger partial charge on any atom is -0.481 e. The number of rotatable bonds is 4. The maximum Gasteiger partial charge on any atom is 0.311 e. The molecule has 0 bridgehead atoms. The Kier molecular flexibility index (Phi) is 2.53. The summed E-state index contributed by atoms with van der Waals surface area (Å²) in [6, 6.07) is 1.88. The van der Waals surface area contributed by atoms with Crippen molar-refractivity contribution < 1.29 is 9.90 Å². The molecule has 0 atom stereocenters. The maximum absolute atomic E-state index is 11.0. The van der Waals surface area contributed by atoms with Gasteiger partial charge < -0.3 is 10.4 Å². The molecule has 5 nitrogen and oxygen atoms in total. The number of carboxylic acid groups (broad SMARTS) is 1. The van der Waals surface area contributed by atoms with Crippen LogP contribution in [0.25, 0.3) is 0 Å². The second-order valence-corrected chi connectivity index (χ2v) is 4.41. The van der Waals surface area contributed by atoms with E-state index >= 15 is 0 Å². The fraction of sp³-hybridized carbons (Fsp3) is 0.545. The molecule has 1 saturated carbocycles. The van der Waals surface area contributed by atoms with E-state index in [9.17, 15) is 4.79 Å². The number of aliphatic carboxylic acids is 1. The molecule has 0 spiro atoms. The van der Waals surface area contributed by atoms with Crippen LogP contribution >= 0.6 is 0 Å². The zero-order valence-electron chi connectivity index (χ0n) is 9.45. The lowest BCUT2D eigenvalue weighted by Gasteiger charge is -2.11. The van der Waals surface area contributed by atoms with Crippen LogP contribution in [0.1, 0.15) is 24.2 Å². The van der Waals surface area contributed by atoms with Gasteiger partial charge in [0.2, 0.25) is 5.95 Å². The van der Waals surface area contributed by atoms with Gasteiger partial charge in [-0.15, -0.1) is 0 Å². The van der Waals surface area contributed by atoms with E-state index in [4.69, 9.17) is 5.11 Å². The lowest BCUT2D eigenvalue weighted by Crippen LogP contribution is -2.25. The normalized spacial score (nSPS) is 16.9. The summed E-state index contributed by atoms with van der Waals surface area (Å²) >= 11 is 0. The zero-order chi connectivity index (χ0) is 11.8. The van der Waals surface area contributed by atoms with Gasteiger partial charge in [0.25, 0.3) is 0 Å². The summed E-state index contributed by atoms with van der Waals surface area (Å²) in [6.45, 7) is 4.19. The van der Waals surface area contributed by atoms with Crippen LogP contribution in [0.2, 0.25) is 0 Å². The molecule has 2 N–H and O–H groups in total. The molecule has 1 aliphatic carbocycles. The molecule has 0 amide bonds. The van der Waals surface area contributed by atoms with E-state index in [0.29, 0.717) is 12.5 Å². The SMILES string of the molecule is Cc1cc(C)nc(NCC2(C(=O)O)CC2)n1. The highest BCUT2D eigenvalue weighted by molar-refractivity contribution is 5.78. The zero-order valence-corrected chi connectivity index (χ0v) is 9.45. The molecule has 0 aliphatic heterocycles. The van der Waals surface area contributed by atoms with Crippen LogP contribution in [0.4, 0.5) is 5.95 Å². The molecule has 1 aromatic rings. The molecular weight excluding hydrogens is 206 g/mol. The van der Waals surface area contributed by atoms with Crippen molar-refractivity contribution in [3.63, 3.8) is 0 Å². The van der Waals surface area contributed by atoms with Crippen molar-refractivity contribution in [2.24, 2.45) is 5.41 Å². The molecular formula is C11H15N3O2. The van der Waals surface area contributed by atoms with Gasteiger partial charge in [-0.2, -0.15) is 0 Å². The van der Waals surface area contributed by atoms with Crippen LogP contribution < -0.4 is 5.32 Å². The summed E-state index contributed by atoms with van der Waals surface area (Å²) in [5, 5.41) is 12.0. The monoisotopic (exact) mass is 221 g/mol. The highest BCUT2D eigenvalue weighted by Crippen LogP contribution is 2.45. The summed E-state index contributed by atoms with van der Waals surface area (Å²) in [7, 11) is 0. The van der Waals surface area contributed by atoms with E-state index in [1.165, 1.54) is 0 Å². The van der Waals surface area contributed by atoms with Crippen molar-refractivity contribution >= 4 is 11.9 Å². The number of aromatic nitrogens is 2. The maximum atomic E-state index is 11.0. The molecule has 1 aromatic heterocycles. The first-order valence-electron chi connectivity index (χ1n) is 5.31. The van der Waals surface area contributed by atoms with Crippen LogP contribution in [0, 0.1) is 19.3 Å². The average Bonchev–Trinajstić information content (AvgIpc) is 2.94. The van der Waals surface area contributed by atoms with Gasteiger partial charge in [-0.3, -0.25) is 4.79 Å². The van der Waals surface area contributed by atoms with E-state index in [1.54, 1.807) is 0 Å². The van der Waals surface area contributed by atoms with Crippen molar-refractivity contribution in [2.75, 3.05) is 11.9 Å². The molecule has 2 rings (SSSR count). The molecule has 86 valence electrons. The Morgan fingerprint density at radius 1 is 1.44 bits per heavy atom. The second-order valence-electron chi connectivity index (χ2n) is 4.41. The largest absolute Gasteiger partial charge is 0.481 e. The third kappa shape index (κ3) is 2.13. The van der Waals surface area contributed by atoms with Gasteiger partial charge in [0.15, 0.2) is 0 Å². The van der Waals surface area contributed by atoms with Crippen LogP contribution in [-0.2, 0) is 4.79 Å².